The lowest BCUT2D eigenvalue weighted by Gasteiger charge is -2.35. The molecule has 0 atom stereocenters. The highest BCUT2D eigenvalue weighted by atomic mass is 19.1. The number of hydrogen-bond acceptors (Lipinski definition) is 1. The molecule has 1 aliphatic rings. The Morgan fingerprint density at radius 2 is 2.31 bits per heavy atom. The van der Waals surface area contributed by atoms with E-state index in [1.807, 2.05) is 11.8 Å². The minimum Gasteiger partial charge on any atom is -0.354 e. The van der Waals surface area contributed by atoms with Gasteiger partial charge in [-0.05, 0) is 6.92 Å². The van der Waals surface area contributed by atoms with Crippen LogP contribution in [0.25, 0.3) is 0 Å². The lowest BCUT2D eigenvalue weighted by atomic mass is 9.98. The largest absolute Gasteiger partial charge is 0.354 e. The van der Waals surface area contributed by atoms with E-state index in [-0.39, 0.29) is 0 Å². The molecule has 0 aromatic carbocycles. The van der Waals surface area contributed by atoms with Gasteiger partial charge >= 0.3 is 0 Å². The van der Waals surface area contributed by atoms with Gasteiger partial charge < -0.3 is 4.90 Å². The van der Waals surface area contributed by atoms with Crippen LogP contribution in [-0.2, 0) is 0 Å². The van der Waals surface area contributed by atoms with Gasteiger partial charge in [-0.2, -0.15) is 0 Å². The van der Waals surface area contributed by atoms with E-state index in [2.05, 4.69) is 11.6 Å². The number of nitrogens with zero attached hydrogens (tertiary/aromatic N) is 2. The van der Waals surface area contributed by atoms with Gasteiger partial charge in [0.05, 0.1) is 13.1 Å². The zero-order valence-corrected chi connectivity index (χ0v) is 7.70. The first kappa shape index (κ1) is 10.0. The van der Waals surface area contributed by atoms with Crippen LogP contribution in [0.2, 0.25) is 0 Å². The van der Waals surface area contributed by atoms with Crippen LogP contribution in [0.1, 0.15) is 6.92 Å². The zero-order chi connectivity index (χ0) is 9.84. The average Bonchev–Trinajstić information content (AvgIpc) is 2.08. The van der Waals surface area contributed by atoms with Crippen molar-refractivity contribution in [1.29, 1.82) is 0 Å². The summed E-state index contributed by atoms with van der Waals surface area (Å²) in [5.74, 6) is 0.790. The summed E-state index contributed by atoms with van der Waals surface area (Å²) in [4.78, 5) is 5.93. The molecule has 13 heavy (non-hydrogen) atoms. The highest BCUT2D eigenvalue weighted by Gasteiger charge is 2.26. The predicted molar refractivity (Wildman–Crippen MR) is 53.6 cm³/mol. The lowest BCUT2D eigenvalue weighted by Crippen LogP contribution is -2.50. The Morgan fingerprint density at radius 3 is 2.77 bits per heavy atom. The lowest BCUT2D eigenvalue weighted by molar-refractivity contribution is 0.130. The molecule has 0 aromatic heterocycles. The third-order valence-corrected chi connectivity index (χ3v) is 1.93. The maximum atomic E-state index is 12.4. The van der Waals surface area contributed by atoms with Crippen molar-refractivity contribution in [2.45, 2.75) is 13.1 Å². The number of likely N-dealkylation sites (tertiary alicyclic amines) is 1. The van der Waals surface area contributed by atoms with Crippen LogP contribution >= 0.6 is 0 Å². The molecule has 2 radical (unpaired) electrons. The molecule has 0 aliphatic carbocycles. The summed E-state index contributed by atoms with van der Waals surface area (Å²) in [6, 6.07) is 0. The molecular weight excluding hydrogens is 166 g/mol. The quantitative estimate of drug-likeness (QED) is 0.269. The number of alkyl halides is 1. The average molecular weight is 178 g/mol. The molecule has 0 N–H and O–H groups in total. The zero-order valence-electron chi connectivity index (χ0n) is 7.70. The fraction of sp³-hybridized carbons (Fsp3) is 0.444. The first-order chi connectivity index (χ1) is 6.13. The summed E-state index contributed by atoms with van der Waals surface area (Å²) in [5.41, 5.74) is 0.511. The van der Waals surface area contributed by atoms with Crippen molar-refractivity contribution < 1.29 is 4.39 Å². The minimum atomic E-state index is -0.703. The summed E-state index contributed by atoms with van der Waals surface area (Å²) >= 11 is 0. The molecule has 1 heterocycles. The molecule has 1 fully saturated rings. The van der Waals surface area contributed by atoms with E-state index in [1.54, 1.807) is 0 Å². The Balaban J connectivity index is 2.47. The fourth-order valence-corrected chi connectivity index (χ4v) is 0.991. The predicted octanol–water partition coefficient (Wildman–Crippen LogP) is 1.25. The van der Waals surface area contributed by atoms with E-state index in [9.17, 15) is 4.39 Å². The summed E-state index contributed by atoms with van der Waals surface area (Å²) < 4.78 is 12.4. The Kier molecular flexibility index (Phi) is 3.28. The van der Waals surface area contributed by atoms with E-state index >= 15 is 0 Å². The van der Waals surface area contributed by atoms with Gasteiger partial charge in [-0.3, -0.25) is 0 Å². The molecule has 1 saturated heterocycles. The van der Waals surface area contributed by atoms with Gasteiger partial charge in [0.2, 0.25) is 0 Å². The molecule has 68 valence electrons. The first-order valence-electron chi connectivity index (χ1n) is 4.15. The smallest absolute Gasteiger partial charge is 0.135 e. The molecule has 1 aliphatic heterocycles. The molecule has 0 unspecified atom stereocenters. The van der Waals surface area contributed by atoms with Gasteiger partial charge in [0.1, 0.15) is 19.9 Å². The Bertz CT molecular complexity index is 254. The SMILES string of the molecule is [B]/C(C=C)=C/N=C(C)N1CC(F)C1. The normalized spacial score (nSPS) is 20.0. The van der Waals surface area contributed by atoms with E-state index < -0.39 is 6.17 Å². The third kappa shape index (κ3) is 2.72. The molecular formula is C9H12BFN2. The van der Waals surface area contributed by atoms with Crippen LogP contribution in [0.3, 0.4) is 0 Å². The Labute approximate surface area is 79.2 Å². The Morgan fingerprint density at radius 1 is 1.69 bits per heavy atom. The number of amidine groups is 1. The molecule has 0 amide bonds. The summed E-state index contributed by atoms with van der Waals surface area (Å²) in [5, 5.41) is 0. The number of allylic oxidation sites excluding steroid dienone is 2. The second-order valence-corrected chi connectivity index (χ2v) is 3.01. The third-order valence-electron chi connectivity index (χ3n) is 1.93. The topological polar surface area (TPSA) is 15.6 Å². The van der Waals surface area contributed by atoms with Gasteiger partial charge in [-0.1, -0.05) is 18.1 Å². The summed E-state index contributed by atoms with van der Waals surface area (Å²) in [6.45, 7) is 6.21. The van der Waals surface area contributed by atoms with Crippen LogP contribution in [0.5, 0.6) is 0 Å². The second kappa shape index (κ2) is 4.26. The maximum Gasteiger partial charge on any atom is 0.135 e. The van der Waals surface area contributed by atoms with Crippen molar-refractivity contribution in [2.75, 3.05) is 13.1 Å². The van der Waals surface area contributed by atoms with Crippen LogP contribution in [-0.4, -0.2) is 37.8 Å². The molecule has 0 saturated carbocycles. The van der Waals surface area contributed by atoms with Crippen molar-refractivity contribution in [3.8, 4) is 0 Å². The van der Waals surface area contributed by atoms with Gasteiger partial charge in [0, 0.05) is 6.20 Å². The standard InChI is InChI=1S/C9H12BFN2/c1-3-8(10)4-12-7(2)13-5-9(11)6-13/h3-4,9H,1,5-6H2,2H3/b8-4+,12-7?. The van der Waals surface area contributed by atoms with Gasteiger partial charge in [-0.15, -0.1) is 0 Å². The van der Waals surface area contributed by atoms with Crippen molar-refractivity contribution >= 4 is 13.7 Å². The number of halogens is 1. The van der Waals surface area contributed by atoms with Crippen molar-refractivity contribution in [2.24, 2.45) is 4.99 Å². The monoisotopic (exact) mass is 178 g/mol. The first-order valence-corrected chi connectivity index (χ1v) is 4.15. The minimum absolute atomic E-state index is 0.442. The molecule has 0 spiro atoms. The van der Waals surface area contributed by atoms with Crippen LogP contribution in [0.4, 0.5) is 4.39 Å². The van der Waals surface area contributed by atoms with E-state index in [4.69, 9.17) is 7.85 Å². The summed E-state index contributed by atoms with van der Waals surface area (Å²) in [6.07, 6.45) is 2.34. The second-order valence-electron chi connectivity index (χ2n) is 3.01. The summed E-state index contributed by atoms with van der Waals surface area (Å²) in [7, 11) is 5.45. The molecule has 1 rings (SSSR count). The van der Waals surface area contributed by atoms with Crippen molar-refractivity contribution in [3.63, 3.8) is 0 Å². The van der Waals surface area contributed by atoms with Gasteiger partial charge in [0.15, 0.2) is 0 Å². The molecule has 4 heteroatoms. The van der Waals surface area contributed by atoms with E-state index in [0.29, 0.717) is 18.6 Å². The van der Waals surface area contributed by atoms with Crippen LogP contribution in [0, 0.1) is 0 Å². The van der Waals surface area contributed by atoms with Gasteiger partial charge in [0.25, 0.3) is 0 Å². The van der Waals surface area contributed by atoms with Crippen LogP contribution < -0.4 is 0 Å². The molecule has 0 bridgehead atoms. The van der Waals surface area contributed by atoms with E-state index in [1.165, 1.54) is 12.3 Å². The highest BCUT2D eigenvalue weighted by molar-refractivity contribution is 6.23. The van der Waals surface area contributed by atoms with Crippen molar-refractivity contribution in [1.82, 2.24) is 4.90 Å². The fourth-order valence-electron chi connectivity index (χ4n) is 0.991. The highest BCUT2D eigenvalue weighted by Crippen LogP contribution is 2.11. The molecule has 0 aromatic rings. The number of rotatable bonds is 2. The Hall–Kier alpha value is -1.06. The van der Waals surface area contributed by atoms with Crippen LogP contribution in [0.15, 0.2) is 29.3 Å². The van der Waals surface area contributed by atoms with Crippen molar-refractivity contribution in [3.05, 3.63) is 24.3 Å². The van der Waals surface area contributed by atoms with Gasteiger partial charge in [-0.25, -0.2) is 9.38 Å². The number of aliphatic imine (C=N–C) groups is 1. The molecule has 2 nitrogen and oxygen atoms in total. The number of hydrogen-bond donors (Lipinski definition) is 0. The van der Waals surface area contributed by atoms with E-state index in [0.717, 1.165) is 5.84 Å². The maximum absolute atomic E-state index is 12.4.